The van der Waals surface area contributed by atoms with E-state index in [1.54, 1.807) is 0 Å². The van der Waals surface area contributed by atoms with Crippen LogP contribution in [0.1, 0.15) is 41.3 Å². The van der Waals surface area contributed by atoms with Gasteiger partial charge in [-0.2, -0.15) is 0 Å². The van der Waals surface area contributed by atoms with Gasteiger partial charge in [0.2, 0.25) is 0 Å². The van der Waals surface area contributed by atoms with Crippen LogP contribution in [0.25, 0.3) is 0 Å². The van der Waals surface area contributed by atoms with Gasteiger partial charge in [0.15, 0.2) is 0 Å². The van der Waals surface area contributed by atoms with E-state index in [0.29, 0.717) is 38.1 Å². The molecule has 2 heterocycles. The van der Waals surface area contributed by atoms with Gasteiger partial charge in [-0.1, -0.05) is 30.3 Å². The van der Waals surface area contributed by atoms with Crippen LogP contribution in [0.15, 0.2) is 48.5 Å². The first kappa shape index (κ1) is 19.5. The SMILES string of the molecule is CCOC(=O)C1CCN(C(=O)c2ccc(CN3CCc4ccccc43)cc2)CC1. The number of carbonyl (C=O) groups excluding carboxylic acids is 2. The summed E-state index contributed by atoms with van der Waals surface area (Å²) in [7, 11) is 0. The molecule has 2 aliphatic heterocycles. The van der Waals surface area contributed by atoms with Crippen molar-refractivity contribution in [3.8, 4) is 0 Å². The Bertz CT molecular complexity index is 870. The van der Waals surface area contributed by atoms with E-state index in [9.17, 15) is 9.59 Å². The molecule has 0 saturated carbocycles. The molecule has 2 aliphatic rings. The van der Waals surface area contributed by atoms with Crippen LogP contribution in [0.5, 0.6) is 0 Å². The van der Waals surface area contributed by atoms with Crippen LogP contribution < -0.4 is 4.90 Å². The Morgan fingerprint density at radius 1 is 1.00 bits per heavy atom. The molecule has 1 fully saturated rings. The number of likely N-dealkylation sites (tertiary alicyclic amines) is 1. The first-order valence-electron chi connectivity index (χ1n) is 10.5. The van der Waals surface area contributed by atoms with Crippen LogP contribution in [0, 0.1) is 5.92 Å². The molecule has 0 aromatic heterocycles. The topological polar surface area (TPSA) is 49.9 Å². The van der Waals surface area contributed by atoms with Crippen LogP contribution in [0.2, 0.25) is 0 Å². The Morgan fingerprint density at radius 2 is 1.72 bits per heavy atom. The van der Waals surface area contributed by atoms with Crippen molar-refractivity contribution in [3.63, 3.8) is 0 Å². The van der Waals surface area contributed by atoms with Crippen molar-refractivity contribution >= 4 is 17.6 Å². The Kier molecular flexibility index (Phi) is 5.84. The van der Waals surface area contributed by atoms with E-state index in [1.165, 1.54) is 16.8 Å². The molecule has 5 heteroatoms. The van der Waals surface area contributed by atoms with Crippen LogP contribution in [-0.4, -0.2) is 43.0 Å². The van der Waals surface area contributed by atoms with Gasteiger partial charge in [0.1, 0.15) is 0 Å². The normalized spacial score (nSPS) is 16.6. The number of nitrogens with zero attached hydrogens (tertiary/aromatic N) is 2. The zero-order chi connectivity index (χ0) is 20.2. The maximum absolute atomic E-state index is 12.8. The number of amides is 1. The third kappa shape index (κ3) is 4.29. The standard InChI is InChI=1S/C24H28N2O3/c1-2-29-24(28)21-12-14-25(15-13-21)23(27)20-9-7-18(8-10-20)17-26-16-11-19-5-3-4-6-22(19)26/h3-10,21H,2,11-17H2,1H3. The average Bonchev–Trinajstić information content (AvgIpc) is 3.17. The molecule has 1 amide bonds. The van der Waals surface area contributed by atoms with E-state index in [4.69, 9.17) is 4.74 Å². The molecule has 4 rings (SSSR count). The molecule has 29 heavy (non-hydrogen) atoms. The van der Waals surface area contributed by atoms with Gasteiger partial charge in [-0.15, -0.1) is 0 Å². The molecule has 0 radical (unpaired) electrons. The van der Waals surface area contributed by atoms with Gasteiger partial charge >= 0.3 is 5.97 Å². The molecule has 1 saturated heterocycles. The average molecular weight is 392 g/mol. The van der Waals surface area contributed by atoms with Gasteiger partial charge < -0.3 is 14.5 Å². The number of esters is 1. The number of hydrogen-bond acceptors (Lipinski definition) is 4. The minimum Gasteiger partial charge on any atom is -0.466 e. The number of carbonyl (C=O) groups is 2. The molecule has 2 aromatic rings. The molecule has 2 aromatic carbocycles. The fourth-order valence-electron chi connectivity index (χ4n) is 4.30. The highest BCUT2D eigenvalue weighted by Gasteiger charge is 2.28. The lowest BCUT2D eigenvalue weighted by molar-refractivity contribution is -0.149. The molecule has 0 spiro atoms. The smallest absolute Gasteiger partial charge is 0.309 e. The predicted octanol–water partition coefficient (Wildman–Crippen LogP) is 3.66. The van der Waals surface area contributed by atoms with Crippen molar-refractivity contribution in [2.45, 2.75) is 32.7 Å². The van der Waals surface area contributed by atoms with Gasteiger partial charge in [-0.25, -0.2) is 0 Å². The highest BCUT2D eigenvalue weighted by Crippen LogP contribution is 2.29. The number of fused-ring (bicyclic) bond motifs is 1. The Hall–Kier alpha value is -2.82. The van der Waals surface area contributed by atoms with Gasteiger partial charge in [0.05, 0.1) is 12.5 Å². The third-order valence-corrected chi connectivity index (χ3v) is 5.96. The van der Waals surface area contributed by atoms with Crippen LogP contribution >= 0.6 is 0 Å². The summed E-state index contributed by atoms with van der Waals surface area (Å²) in [5.74, 6) is -0.164. The number of para-hydroxylation sites is 1. The largest absolute Gasteiger partial charge is 0.466 e. The van der Waals surface area contributed by atoms with E-state index in [0.717, 1.165) is 19.5 Å². The number of piperidine rings is 1. The third-order valence-electron chi connectivity index (χ3n) is 5.96. The van der Waals surface area contributed by atoms with Gasteiger partial charge in [-0.05, 0) is 55.5 Å². The van der Waals surface area contributed by atoms with Crippen molar-refractivity contribution < 1.29 is 14.3 Å². The fourth-order valence-corrected chi connectivity index (χ4v) is 4.30. The van der Waals surface area contributed by atoms with E-state index in [2.05, 4.69) is 41.3 Å². The summed E-state index contributed by atoms with van der Waals surface area (Å²) >= 11 is 0. The predicted molar refractivity (Wildman–Crippen MR) is 113 cm³/mol. The van der Waals surface area contributed by atoms with Crippen molar-refractivity contribution in [1.29, 1.82) is 0 Å². The summed E-state index contributed by atoms with van der Waals surface area (Å²) in [4.78, 5) is 28.9. The molecule has 152 valence electrons. The van der Waals surface area contributed by atoms with Gasteiger partial charge in [-0.3, -0.25) is 9.59 Å². The van der Waals surface area contributed by atoms with Gasteiger partial charge in [0.25, 0.3) is 5.91 Å². The first-order valence-corrected chi connectivity index (χ1v) is 10.5. The van der Waals surface area contributed by atoms with Crippen molar-refractivity contribution in [2.24, 2.45) is 5.92 Å². The molecule has 0 atom stereocenters. The molecule has 0 aliphatic carbocycles. The molecule has 0 N–H and O–H groups in total. The van der Waals surface area contributed by atoms with E-state index in [1.807, 2.05) is 24.0 Å². The summed E-state index contributed by atoms with van der Waals surface area (Å²) in [6.45, 7) is 5.34. The lowest BCUT2D eigenvalue weighted by Crippen LogP contribution is -2.40. The Labute approximate surface area is 172 Å². The Morgan fingerprint density at radius 3 is 2.45 bits per heavy atom. The van der Waals surface area contributed by atoms with E-state index in [-0.39, 0.29) is 17.8 Å². The van der Waals surface area contributed by atoms with Crippen LogP contribution in [-0.2, 0) is 22.5 Å². The van der Waals surface area contributed by atoms with Crippen molar-refractivity contribution in [3.05, 3.63) is 65.2 Å². The lowest BCUT2D eigenvalue weighted by Gasteiger charge is -2.31. The van der Waals surface area contributed by atoms with Crippen LogP contribution in [0.3, 0.4) is 0 Å². The summed E-state index contributed by atoms with van der Waals surface area (Å²) in [5.41, 5.74) is 4.65. The summed E-state index contributed by atoms with van der Waals surface area (Å²) in [6, 6.07) is 16.5. The molecular weight excluding hydrogens is 364 g/mol. The fraction of sp³-hybridized carbons (Fsp3) is 0.417. The maximum atomic E-state index is 12.8. The number of benzene rings is 2. The summed E-state index contributed by atoms with van der Waals surface area (Å²) in [6.07, 6.45) is 2.45. The van der Waals surface area contributed by atoms with E-state index < -0.39 is 0 Å². The molecule has 0 bridgehead atoms. The lowest BCUT2D eigenvalue weighted by atomic mass is 9.96. The zero-order valence-corrected chi connectivity index (χ0v) is 17.0. The highest BCUT2D eigenvalue weighted by molar-refractivity contribution is 5.94. The van der Waals surface area contributed by atoms with Crippen LogP contribution in [0.4, 0.5) is 5.69 Å². The zero-order valence-electron chi connectivity index (χ0n) is 17.0. The summed E-state index contributed by atoms with van der Waals surface area (Å²) < 4.78 is 5.11. The molecular formula is C24H28N2O3. The molecule has 5 nitrogen and oxygen atoms in total. The minimum absolute atomic E-state index is 0.0466. The quantitative estimate of drug-likeness (QED) is 0.729. The highest BCUT2D eigenvalue weighted by atomic mass is 16.5. The second-order valence-corrected chi connectivity index (χ2v) is 7.82. The number of ether oxygens (including phenoxy) is 1. The first-order chi connectivity index (χ1) is 14.2. The number of hydrogen-bond donors (Lipinski definition) is 0. The molecule has 0 unspecified atom stereocenters. The number of rotatable bonds is 5. The van der Waals surface area contributed by atoms with Crippen molar-refractivity contribution in [2.75, 3.05) is 31.1 Å². The summed E-state index contributed by atoms with van der Waals surface area (Å²) in [5, 5.41) is 0. The van der Waals surface area contributed by atoms with E-state index >= 15 is 0 Å². The number of anilines is 1. The second-order valence-electron chi connectivity index (χ2n) is 7.82. The minimum atomic E-state index is -0.132. The second kappa shape index (κ2) is 8.68. The Balaban J connectivity index is 1.34. The van der Waals surface area contributed by atoms with Gasteiger partial charge in [0, 0.05) is 37.4 Å². The van der Waals surface area contributed by atoms with Crippen molar-refractivity contribution in [1.82, 2.24) is 4.90 Å². The monoisotopic (exact) mass is 392 g/mol. The maximum Gasteiger partial charge on any atom is 0.309 e.